The third-order valence-corrected chi connectivity index (χ3v) is 5.80. The topological polar surface area (TPSA) is 80.1 Å². The van der Waals surface area contributed by atoms with Gasteiger partial charge in [-0.2, -0.15) is 0 Å². The van der Waals surface area contributed by atoms with Gasteiger partial charge in [-0.15, -0.1) is 0 Å². The minimum Gasteiger partial charge on any atom is -0.336 e. The Morgan fingerprint density at radius 2 is 1.76 bits per heavy atom. The van der Waals surface area contributed by atoms with Crippen LogP contribution in [0.1, 0.15) is 52.5 Å². The summed E-state index contributed by atoms with van der Waals surface area (Å²) in [7, 11) is 0. The van der Waals surface area contributed by atoms with Gasteiger partial charge in [-0.3, -0.25) is 14.6 Å². The van der Waals surface area contributed by atoms with E-state index in [1.807, 2.05) is 39.8 Å². The number of likely N-dealkylation sites (tertiary alicyclic amines) is 1. The fraction of sp³-hybridized carbons (Fsp3) is 0.364. The molecule has 1 N–H and O–H groups in total. The first-order chi connectivity index (χ1) is 14.2. The standard InChI is InChI=1S/C22H23N5O2/c28-21(24-16-9-5-7-15-8-6-11-23-18(15)16)19-17-10-1-2-14-27(17)20(25-19)22(29)26-12-3-4-13-26/h5-9,11H,1-4,10,12-14H2,(H,24,28). The lowest BCUT2D eigenvalue weighted by molar-refractivity contribution is 0.0774. The first-order valence-corrected chi connectivity index (χ1v) is 10.3. The molecular weight excluding hydrogens is 366 g/mol. The highest BCUT2D eigenvalue weighted by atomic mass is 16.2. The summed E-state index contributed by atoms with van der Waals surface area (Å²) >= 11 is 0. The molecule has 0 atom stereocenters. The molecule has 0 unspecified atom stereocenters. The van der Waals surface area contributed by atoms with Crippen LogP contribution in [0.4, 0.5) is 5.69 Å². The minimum atomic E-state index is -0.283. The monoisotopic (exact) mass is 389 g/mol. The predicted octanol–water partition coefficient (Wildman–Crippen LogP) is 3.26. The van der Waals surface area contributed by atoms with Gasteiger partial charge in [-0.25, -0.2) is 4.98 Å². The highest BCUT2D eigenvalue weighted by Gasteiger charge is 2.30. The zero-order valence-corrected chi connectivity index (χ0v) is 16.2. The number of nitrogens with zero attached hydrogens (tertiary/aromatic N) is 4. The summed E-state index contributed by atoms with van der Waals surface area (Å²) in [6.45, 7) is 2.27. The fourth-order valence-electron chi connectivity index (χ4n) is 4.34. The van der Waals surface area contributed by atoms with E-state index in [4.69, 9.17) is 0 Å². The van der Waals surface area contributed by atoms with Crippen molar-refractivity contribution in [2.75, 3.05) is 18.4 Å². The minimum absolute atomic E-state index is 0.0588. The van der Waals surface area contributed by atoms with Crippen molar-refractivity contribution >= 4 is 28.4 Å². The number of rotatable bonds is 3. The number of benzene rings is 1. The molecule has 1 saturated heterocycles. The van der Waals surface area contributed by atoms with E-state index in [1.165, 1.54) is 0 Å². The third-order valence-electron chi connectivity index (χ3n) is 5.80. The molecule has 1 fully saturated rings. The van der Waals surface area contributed by atoms with Gasteiger partial charge in [-0.1, -0.05) is 18.2 Å². The fourth-order valence-corrected chi connectivity index (χ4v) is 4.34. The third kappa shape index (κ3) is 3.16. The number of hydrogen-bond donors (Lipinski definition) is 1. The molecule has 148 valence electrons. The molecule has 1 aromatic carbocycles. The Bertz CT molecular complexity index is 1090. The summed E-state index contributed by atoms with van der Waals surface area (Å²) in [6, 6.07) is 9.53. The number of carbonyl (C=O) groups is 2. The first-order valence-electron chi connectivity index (χ1n) is 10.3. The molecule has 0 aliphatic carbocycles. The highest BCUT2D eigenvalue weighted by molar-refractivity contribution is 6.08. The number of anilines is 1. The number of nitrogens with one attached hydrogen (secondary N) is 1. The van der Waals surface area contributed by atoms with Crippen molar-refractivity contribution in [1.82, 2.24) is 19.4 Å². The number of aromatic nitrogens is 3. The SMILES string of the molecule is O=C(Nc1cccc2cccnc12)c1nc(C(=O)N2CCCC2)n2c1CCCC2. The number of carbonyl (C=O) groups excluding carboxylic acids is 2. The molecule has 0 saturated carbocycles. The van der Waals surface area contributed by atoms with Crippen LogP contribution in [-0.2, 0) is 13.0 Å². The van der Waals surface area contributed by atoms with Gasteiger partial charge in [0.25, 0.3) is 11.8 Å². The van der Waals surface area contributed by atoms with E-state index in [-0.39, 0.29) is 11.8 Å². The van der Waals surface area contributed by atoms with Gasteiger partial charge < -0.3 is 14.8 Å². The van der Waals surface area contributed by atoms with Crippen LogP contribution in [0.2, 0.25) is 0 Å². The predicted molar refractivity (Wildman–Crippen MR) is 110 cm³/mol. The molecule has 2 aromatic heterocycles. The number of amides is 2. The van der Waals surface area contributed by atoms with E-state index in [1.54, 1.807) is 6.20 Å². The van der Waals surface area contributed by atoms with E-state index < -0.39 is 0 Å². The Morgan fingerprint density at radius 1 is 0.966 bits per heavy atom. The Morgan fingerprint density at radius 3 is 2.62 bits per heavy atom. The molecule has 0 radical (unpaired) electrons. The zero-order chi connectivity index (χ0) is 19.8. The van der Waals surface area contributed by atoms with E-state index in [0.717, 1.165) is 68.3 Å². The average Bonchev–Trinajstić information content (AvgIpc) is 3.42. The Labute approximate surface area is 168 Å². The van der Waals surface area contributed by atoms with Crippen LogP contribution >= 0.6 is 0 Å². The normalized spacial score (nSPS) is 16.1. The number of pyridine rings is 1. The summed E-state index contributed by atoms with van der Waals surface area (Å²) in [5, 5.41) is 3.93. The molecule has 0 bridgehead atoms. The van der Waals surface area contributed by atoms with Crippen LogP contribution < -0.4 is 5.32 Å². The lowest BCUT2D eigenvalue weighted by Crippen LogP contribution is -2.31. The van der Waals surface area contributed by atoms with Gasteiger partial charge in [0.05, 0.1) is 16.9 Å². The molecular formula is C22H23N5O2. The van der Waals surface area contributed by atoms with Crippen LogP contribution in [-0.4, -0.2) is 44.3 Å². The van der Waals surface area contributed by atoms with Crippen molar-refractivity contribution in [1.29, 1.82) is 0 Å². The average molecular weight is 389 g/mol. The molecule has 2 aliphatic heterocycles. The van der Waals surface area contributed by atoms with E-state index >= 15 is 0 Å². The smallest absolute Gasteiger partial charge is 0.289 e. The summed E-state index contributed by atoms with van der Waals surface area (Å²) < 4.78 is 1.96. The molecule has 4 heterocycles. The Balaban J connectivity index is 1.50. The Kier molecular flexibility index (Phi) is 4.50. The summed E-state index contributed by atoms with van der Waals surface area (Å²) in [5.74, 6) is 0.0635. The van der Waals surface area contributed by atoms with E-state index in [0.29, 0.717) is 17.2 Å². The first kappa shape index (κ1) is 17.8. The van der Waals surface area contributed by atoms with E-state index in [2.05, 4.69) is 15.3 Å². The number of imidazole rings is 1. The van der Waals surface area contributed by atoms with Gasteiger partial charge >= 0.3 is 0 Å². The maximum atomic E-state index is 13.1. The highest BCUT2D eigenvalue weighted by Crippen LogP contribution is 2.25. The van der Waals surface area contributed by atoms with Crippen molar-refractivity contribution in [3.8, 4) is 0 Å². The molecule has 2 amide bonds. The van der Waals surface area contributed by atoms with Crippen LogP contribution in [0.25, 0.3) is 10.9 Å². The number of hydrogen-bond acceptors (Lipinski definition) is 4. The van der Waals surface area contributed by atoms with Crippen molar-refractivity contribution < 1.29 is 9.59 Å². The van der Waals surface area contributed by atoms with Crippen LogP contribution in [0.3, 0.4) is 0 Å². The van der Waals surface area contributed by atoms with Crippen LogP contribution in [0.5, 0.6) is 0 Å². The second-order valence-corrected chi connectivity index (χ2v) is 7.67. The molecule has 5 rings (SSSR count). The van der Waals surface area contributed by atoms with Gasteiger partial charge in [0.1, 0.15) is 0 Å². The molecule has 7 nitrogen and oxygen atoms in total. The second kappa shape index (κ2) is 7.31. The van der Waals surface area contributed by atoms with Gasteiger partial charge in [0.15, 0.2) is 11.5 Å². The molecule has 3 aromatic rings. The second-order valence-electron chi connectivity index (χ2n) is 7.67. The summed E-state index contributed by atoms with van der Waals surface area (Å²) in [6.07, 6.45) is 6.53. The number of para-hydroxylation sites is 1. The lowest BCUT2D eigenvalue weighted by atomic mass is 10.1. The van der Waals surface area contributed by atoms with Crippen molar-refractivity contribution in [3.05, 3.63) is 53.7 Å². The molecule has 2 aliphatic rings. The van der Waals surface area contributed by atoms with Crippen molar-refractivity contribution in [2.24, 2.45) is 0 Å². The summed E-state index contributed by atoms with van der Waals surface area (Å²) in [4.78, 5) is 36.9. The zero-order valence-electron chi connectivity index (χ0n) is 16.2. The van der Waals surface area contributed by atoms with E-state index in [9.17, 15) is 9.59 Å². The van der Waals surface area contributed by atoms with Crippen molar-refractivity contribution in [3.63, 3.8) is 0 Å². The molecule has 0 spiro atoms. The van der Waals surface area contributed by atoms with Crippen molar-refractivity contribution in [2.45, 2.75) is 38.6 Å². The molecule has 29 heavy (non-hydrogen) atoms. The van der Waals surface area contributed by atoms with Gasteiger partial charge in [-0.05, 0) is 44.2 Å². The number of fused-ring (bicyclic) bond motifs is 2. The maximum Gasteiger partial charge on any atom is 0.289 e. The summed E-state index contributed by atoms with van der Waals surface area (Å²) in [5.41, 5.74) is 2.62. The quantitative estimate of drug-likeness (QED) is 0.746. The van der Waals surface area contributed by atoms with Gasteiger partial charge in [0, 0.05) is 31.2 Å². The van der Waals surface area contributed by atoms with Gasteiger partial charge in [0.2, 0.25) is 0 Å². The van der Waals surface area contributed by atoms with Crippen LogP contribution in [0, 0.1) is 0 Å². The Hall–Kier alpha value is -3.22. The lowest BCUT2D eigenvalue weighted by Gasteiger charge is -2.19. The van der Waals surface area contributed by atoms with Crippen LogP contribution in [0.15, 0.2) is 36.5 Å². The largest absolute Gasteiger partial charge is 0.336 e. The molecule has 7 heteroatoms. The maximum absolute atomic E-state index is 13.1.